The zero-order valence-electron chi connectivity index (χ0n) is 13.4. The third-order valence-corrected chi connectivity index (χ3v) is 3.87. The number of aromatic nitrogens is 2. The molecule has 0 saturated carbocycles. The molecular formula is C18H19N3O2. The predicted molar refractivity (Wildman–Crippen MR) is 88.8 cm³/mol. The van der Waals surface area contributed by atoms with Crippen molar-refractivity contribution < 1.29 is 9.53 Å². The molecule has 23 heavy (non-hydrogen) atoms. The van der Waals surface area contributed by atoms with Crippen LogP contribution in [0.2, 0.25) is 0 Å². The minimum absolute atomic E-state index is 0.0840. The third-order valence-electron chi connectivity index (χ3n) is 3.87. The molecule has 1 amide bonds. The smallest absolute Gasteiger partial charge is 0.270 e. The molecule has 0 aliphatic heterocycles. The molecule has 118 valence electrons. The van der Waals surface area contributed by atoms with E-state index in [-0.39, 0.29) is 11.9 Å². The van der Waals surface area contributed by atoms with Crippen molar-refractivity contribution in [1.82, 2.24) is 14.7 Å². The lowest BCUT2D eigenvalue weighted by Crippen LogP contribution is -2.28. The zero-order valence-corrected chi connectivity index (χ0v) is 13.4. The van der Waals surface area contributed by atoms with Gasteiger partial charge in [-0.3, -0.25) is 9.20 Å². The van der Waals surface area contributed by atoms with Gasteiger partial charge in [0.2, 0.25) is 0 Å². The summed E-state index contributed by atoms with van der Waals surface area (Å²) in [6, 6.07) is 13.5. The van der Waals surface area contributed by atoms with Crippen LogP contribution < -0.4 is 10.1 Å². The van der Waals surface area contributed by atoms with Crippen molar-refractivity contribution in [3.05, 3.63) is 65.6 Å². The monoisotopic (exact) mass is 309 g/mol. The first kappa shape index (κ1) is 15.1. The first-order valence-electron chi connectivity index (χ1n) is 7.49. The summed E-state index contributed by atoms with van der Waals surface area (Å²) < 4.78 is 7.08. The summed E-state index contributed by atoms with van der Waals surface area (Å²) in [5.41, 5.74) is 2.91. The Morgan fingerprint density at radius 1 is 1.22 bits per heavy atom. The van der Waals surface area contributed by atoms with Crippen LogP contribution in [0.25, 0.3) is 5.65 Å². The van der Waals surface area contributed by atoms with E-state index < -0.39 is 0 Å². The van der Waals surface area contributed by atoms with E-state index in [1.807, 2.05) is 62.5 Å². The van der Waals surface area contributed by atoms with Gasteiger partial charge in [-0.15, -0.1) is 0 Å². The van der Waals surface area contributed by atoms with Crippen molar-refractivity contribution in [2.45, 2.75) is 19.9 Å². The van der Waals surface area contributed by atoms with Crippen LogP contribution in [0.1, 0.15) is 34.7 Å². The molecule has 0 aliphatic carbocycles. The van der Waals surface area contributed by atoms with E-state index in [9.17, 15) is 4.79 Å². The lowest BCUT2D eigenvalue weighted by atomic mass is 10.1. The van der Waals surface area contributed by atoms with Gasteiger partial charge in [-0.2, -0.15) is 0 Å². The number of methoxy groups -OCH3 is 1. The van der Waals surface area contributed by atoms with Crippen molar-refractivity contribution >= 4 is 11.6 Å². The Kier molecular flexibility index (Phi) is 4.02. The van der Waals surface area contributed by atoms with Gasteiger partial charge >= 0.3 is 0 Å². The summed E-state index contributed by atoms with van der Waals surface area (Å²) >= 11 is 0. The highest BCUT2D eigenvalue weighted by molar-refractivity contribution is 5.95. The number of hydrogen-bond donors (Lipinski definition) is 1. The average molecular weight is 309 g/mol. The second kappa shape index (κ2) is 6.12. The van der Waals surface area contributed by atoms with Crippen LogP contribution in [0.3, 0.4) is 0 Å². The fourth-order valence-electron chi connectivity index (χ4n) is 2.68. The maximum absolute atomic E-state index is 12.7. The van der Waals surface area contributed by atoms with E-state index in [1.165, 1.54) is 0 Å². The van der Waals surface area contributed by atoms with Gasteiger partial charge < -0.3 is 10.1 Å². The number of nitrogens with zero attached hydrogens (tertiary/aromatic N) is 2. The van der Waals surface area contributed by atoms with Gasteiger partial charge in [-0.25, -0.2) is 4.98 Å². The SMILES string of the molecule is COc1cccn2c(C(=O)NC(C)c3ccccc3)c(C)nc12. The lowest BCUT2D eigenvalue weighted by Gasteiger charge is -2.14. The Morgan fingerprint density at radius 3 is 2.65 bits per heavy atom. The van der Waals surface area contributed by atoms with Gasteiger partial charge in [0, 0.05) is 6.20 Å². The predicted octanol–water partition coefficient (Wildman–Crippen LogP) is 3.14. The molecule has 0 fully saturated rings. The minimum Gasteiger partial charge on any atom is -0.493 e. The van der Waals surface area contributed by atoms with Gasteiger partial charge in [0.25, 0.3) is 5.91 Å². The van der Waals surface area contributed by atoms with Gasteiger partial charge in [-0.05, 0) is 31.5 Å². The average Bonchev–Trinajstić information content (AvgIpc) is 2.91. The van der Waals surface area contributed by atoms with Crippen molar-refractivity contribution in [1.29, 1.82) is 0 Å². The van der Waals surface area contributed by atoms with Crippen molar-refractivity contribution in [2.75, 3.05) is 7.11 Å². The van der Waals surface area contributed by atoms with E-state index in [0.717, 1.165) is 5.56 Å². The highest BCUT2D eigenvalue weighted by Gasteiger charge is 2.20. The Labute approximate surface area is 134 Å². The van der Waals surface area contributed by atoms with Gasteiger partial charge in [0.1, 0.15) is 5.69 Å². The standard InChI is InChI=1S/C18H19N3O2/c1-12(14-8-5-4-6-9-14)20-18(22)16-13(2)19-17-15(23-3)10-7-11-21(16)17/h4-12H,1-3H3,(H,20,22). The number of benzene rings is 1. The number of nitrogens with one attached hydrogen (secondary N) is 1. The van der Waals surface area contributed by atoms with Crippen LogP contribution in [0, 0.1) is 6.92 Å². The molecule has 0 spiro atoms. The summed E-state index contributed by atoms with van der Waals surface area (Å²) in [6.07, 6.45) is 1.82. The van der Waals surface area contributed by atoms with Gasteiger partial charge in [0.05, 0.1) is 18.8 Å². The van der Waals surface area contributed by atoms with E-state index in [0.29, 0.717) is 22.8 Å². The maximum atomic E-state index is 12.7. The molecule has 5 heteroatoms. The van der Waals surface area contributed by atoms with Crippen LogP contribution in [-0.2, 0) is 0 Å². The molecule has 1 unspecified atom stereocenters. The van der Waals surface area contributed by atoms with Gasteiger partial charge in [-0.1, -0.05) is 30.3 Å². The Hall–Kier alpha value is -2.82. The quantitative estimate of drug-likeness (QED) is 0.805. The topological polar surface area (TPSA) is 55.6 Å². The largest absolute Gasteiger partial charge is 0.493 e. The summed E-state index contributed by atoms with van der Waals surface area (Å²) in [5.74, 6) is 0.491. The molecule has 1 N–H and O–H groups in total. The lowest BCUT2D eigenvalue weighted by molar-refractivity contribution is 0.0933. The third kappa shape index (κ3) is 2.77. The van der Waals surface area contributed by atoms with Crippen LogP contribution in [-0.4, -0.2) is 22.4 Å². The molecule has 0 bridgehead atoms. The number of ether oxygens (including phenoxy) is 1. The molecule has 2 heterocycles. The number of pyridine rings is 1. The van der Waals surface area contributed by atoms with Crippen LogP contribution in [0.4, 0.5) is 0 Å². The van der Waals surface area contributed by atoms with E-state index >= 15 is 0 Å². The number of hydrogen-bond acceptors (Lipinski definition) is 3. The second-order valence-electron chi connectivity index (χ2n) is 5.42. The fraction of sp³-hybridized carbons (Fsp3) is 0.222. The van der Waals surface area contributed by atoms with Crippen LogP contribution in [0.15, 0.2) is 48.7 Å². The molecule has 0 aliphatic rings. The fourth-order valence-corrected chi connectivity index (χ4v) is 2.68. The molecule has 1 atom stereocenters. The number of carbonyl (C=O) groups excluding carboxylic acids is 1. The molecule has 0 saturated heterocycles. The zero-order chi connectivity index (χ0) is 16.4. The first-order valence-corrected chi connectivity index (χ1v) is 7.49. The highest BCUT2D eigenvalue weighted by Crippen LogP contribution is 2.22. The molecule has 2 aromatic heterocycles. The number of fused-ring (bicyclic) bond motifs is 1. The summed E-state index contributed by atoms with van der Waals surface area (Å²) in [4.78, 5) is 17.2. The number of aryl methyl sites for hydroxylation is 1. The molecule has 0 radical (unpaired) electrons. The molecule has 3 rings (SSSR count). The second-order valence-corrected chi connectivity index (χ2v) is 5.42. The summed E-state index contributed by atoms with van der Waals surface area (Å²) in [7, 11) is 1.59. The Morgan fingerprint density at radius 2 is 1.96 bits per heavy atom. The maximum Gasteiger partial charge on any atom is 0.270 e. The summed E-state index contributed by atoms with van der Waals surface area (Å²) in [6.45, 7) is 3.79. The number of carbonyl (C=O) groups is 1. The van der Waals surface area contributed by atoms with E-state index in [1.54, 1.807) is 11.5 Å². The van der Waals surface area contributed by atoms with Gasteiger partial charge in [0.15, 0.2) is 11.4 Å². The molecule has 3 aromatic rings. The van der Waals surface area contributed by atoms with Crippen molar-refractivity contribution in [3.63, 3.8) is 0 Å². The van der Waals surface area contributed by atoms with E-state index in [2.05, 4.69) is 10.3 Å². The molecule has 5 nitrogen and oxygen atoms in total. The molecular weight excluding hydrogens is 290 g/mol. The number of amides is 1. The van der Waals surface area contributed by atoms with Crippen LogP contribution >= 0.6 is 0 Å². The van der Waals surface area contributed by atoms with Crippen molar-refractivity contribution in [3.8, 4) is 5.75 Å². The number of imidazole rings is 1. The van der Waals surface area contributed by atoms with Crippen LogP contribution in [0.5, 0.6) is 5.75 Å². The highest BCUT2D eigenvalue weighted by atomic mass is 16.5. The van der Waals surface area contributed by atoms with E-state index in [4.69, 9.17) is 4.74 Å². The Balaban J connectivity index is 1.94. The van der Waals surface area contributed by atoms with Crippen molar-refractivity contribution in [2.24, 2.45) is 0 Å². The first-order chi connectivity index (χ1) is 11.1. The molecule has 1 aromatic carbocycles. The Bertz CT molecular complexity index is 840. The normalized spacial score (nSPS) is 12.1. The summed E-state index contributed by atoms with van der Waals surface area (Å²) in [5, 5.41) is 3.03. The minimum atomic E-state index is -0.153. The number of rotatable bonds is 4.